The quantitative estimate of drug-likeness (QED) is 0.535. The number of rotatable bonds is 2. The first-order chi connectivity index (χ1) is 3.93. The van der Waals surface area contributed by atoms with Crippen molar-refractivity contribution in [1.29, 1.82) is 0 Å². The SMILES string of the molecule is [CH2]CCn1cnnn1. The molecule has 1 aromatic rings. The van der Waals surface area contributed by atoms with Gasteiger partial charge in [-0.2, -0.15) is 0 Å². The molecule has 0 saturated heterocycles. The van der Waals surface area contributed by atoms with Crippen molar-refractivity contribution in [2.24, 2.45) is 0 Å². The Balaban J connectivity index is 2.50. The largest absolute Gasteiger partial charge is 0.233 e. The Labute approximate surface area is 47.5 Å². The van der Waals surface area contributed by atoms with Crippen LogP contribution in [0.5, 0.6) is 0 Å². The van der Waals surface area contributed by atoms with E-state index in [4.69, 9.17) is 0 Å². The van der Waals surface area contributed by atoms with Crippen LogP contribution in [0, 0.1) is 6.92 Å². The van der Waals surface area contributed by atoms with Gasteiger partial charge in [-0.15, -0.1) is 5.10 Å². The van der Waals surface area contributed by atoms with Crippen molar-refractivity contribution >= 4 is 0 Å². The van der Waals surface area contributed by atoms with Gasteiger partial charge in [0.15, 0.2) is 0 Å². The van der Waals surface area contributed by atoms with E-state index >= 15 is 0 Å². The number of hydrogen-bond acceptors (Lipinski definition) is 3. The Bertz CT molecular complexity index is 134. The predicted molar refractivity (Wildman–Crippen MR) is 27.8 cm³/mol. The molecule has 0 aromatic carbocycles. The third-order valence-corrected chi connectivity index (χ3v) is 0.779. The molecule has 0 saturated carbocycles. The molecule has 0 N–H and O–H groups in total. The van der Waals surface area contributed by atoms with Crippen molar-refractivity contribution in [3.05, 3.63) is 13.3 Å². The number of nitrogens with zero attached hydrogens (tertiary/aromatic N) is 4. The highest BCUT2D eigenvalue weighted by Crippen LogP contribution is 1.80. The van der Waals surface area contributed by atoms with Crippen LogP contribution in [0.1, 0.15) is 6.42 Å². The van der Waals surface area contributed by atoms with Gasteiger partial charge in [0, 0.05) is 6.54 Å². The summed E-state index contributed by atoms with van der Waals surface area (Å²) in [6, 6.07) is 0. The van der Waals surface area contributed by atoms with E-state index in [1.807, 2.05) is 0 Å². The van der Waals surface area contributed by atoms with Crippen LogP contribution >= 0.6 is 0 Å². The maximum absolute atomic E-state index is 3.64. The van der Waals surface area contributed by atoms with E-state index in [1.165, 1.54) is 0 Å². The second kappa shape index (κ2) is 2.40. The highest BCUT2D eigenvalue weighted by atomic mass is 15.5. The zero-order valence-corrected chi connectivity index (χ0v) is 4.49. The molecule has 0 aliphatic carbocycles. The molecular formula is C4H7N4. The number of hydrogen-bond donors (Lipinski definition) is 0. The van der Waals surface area contributed by atoms with E-state index in [0.717, 1.165) is 13.0 Å². The summed E-state index contributed by atoms with van der Waals surface area (Å²) in [5.74, 6) is 0. The first-order valence-corrected chi connectivity index (χ1v) is 2.43. The van der Waals surface area contributed by atoms with Crippen LogP contribution in [0.25, 0.3) is 0 Å². The fraction of sp³-hybridized carbons (Fsp3) is 0.500. The molecular weight excluding hydrogens is 104 g/mol. The molecule has 0 spiro atoms. The molecule has 1 heterocycles. The summed E-state index contributed by atoms with van der Waals surface area (Å²) in [6.07, 6.45) is 2.40. The molecule has 1 aromatic heterocycles. The molecule has 0 unspecified atom stereocenters. The first kappa shape index (κ1) is 5.21. The van der Waals surface area contributed by atoms with E-state index in [-0.39, 0.29) is 0 Å². The van der Waals surface area contributed by atoms with Crippen molar-refractivity contribution < 1.29 is 0 Å². The normalized spacial score (nSPS) is 9.62. The highest BCUT2D eigenvalue weighted by Gasteiger charge is 1.85. The van der Waals surface area contributed by atoms with Crippen LogP contribution < -0.4 is 0 Å². The van der Waals surface area contributed by atoms with Crippen LogP contribution in [-0.2, 0) is 6.54 Å². The lowest BCUT2D eigenvalue weighted by molar-refractivity contribution is 0.595. The van der Waals surface area contributed by atoms with Crippen molar-refractivity contribution in [3.8, 4) is 0 Å². The van der Waals surface area contributed by atoms with Gasteiger partial charge < -0.3 is 0 Å². The minimum absolute atomic E-state index is 0.799. The standard InChI is InChI=1S/C4H7N4/c1-2-3-8-4-5-6-7-8/h4H,1-3H2. The van der Waals surface area contributed by atoms with Gasteiger partial charge in [0.25, 0.3) is 0 Å². The fourth-order valence-electron chi connectivity index (χ4n) is 0.445. The van der Waals surface area contributed by atoms with Gasteiger partial charge in [0.05, 0.1) is 0 Å². The predicted octanol–water partition coefficient (Wildman–Crippen LogP) is -0.103. The van der Waals surface area contributed by atoms with Gasteiger partial charge in [-0.1, -0.05) is 6.92 Å². The Morgan fingerprint density at radius 3 is 3.00 bits per heavy atom. The Morgan fingerprint density at radius 1 is 1.62 bits per heavy atom. The van der Waals surface area contributed by atoms with Crippen LogP contribution in [0.4, 0.5) is 0 Å². The molecule has 1 radical (unpaired) electrons. The van der Waals surface area contributed by atoms with E-state index < -0.39 is 0 Å². The van der Waals surface area contributed by atoms with Crippen molar-refractivity contribution in [2.45, 2.75) is 13.0 Å². The van der Waals surface area contributed by atoms with Gasteiger partial charge in [-0.25, -0.2) is 4.68 Å². The smallest absolute Gasteiger partial charge is 0.138 e. The molecule has 0 bridgehead atoms. The molecule has 0 atom stereocenters. The van der Waals surface area contributed by atoms with Crippen LogP contribution in [0.15, 0.2) is 6.33 Å². The third-order valence-electron chi connectivity index (χ3n) is 0.779. The topological polar surface area (TPSA) is 43.6 Å². The summed E-state index contributed by atoms with van der Waals surface area (Å²) in [7, 11) is 0. The number of tetrazole rings is 1. The van der Waals surface area contributed by atoms with Gasteiger partial charge in [-0.05, 0) is 16.8 Å². The lowest BCUT2D eigenvalue weighted by Crippen LogP contribution is -1.96. The monoisotopic (exact) mass is 111 g/mol. The Kier molecular flexibility index (Phi) is 1.56. The van der Waals surface area contributed by atoms with Crippen molar-refractivity contribution in [3.63, 3.8) is 0 Å². The van der Waals surface area contributed by atoms with E-state index in [1.54, 1.807) is 11.0 Å². The van der Waals surface area contributed by atoms with E-state index in [2.05, 4.69) is 22.4 Å². The molecule has 1 rings (SSSR count). The number of aromatic nitrogens is 4. The molecule has 4 nitrogen and oxygen atoms in total. The van der Waals surface area contributed by atoms with Crippen LogP contribution in [0.3, 0.4) is 0 Å². The highest BCUT2D eigenvalue weighted by molar-refractivity contribution is 4.46. The van der Waals surface area contributed by atoms with Gasteiger partial charge in [0.1, 0.15) is 6.33 Å². The average molecular weight is 111 g/mol. The molecule has 0 amide bonds. The average Bonchev–Trinajstić information content (AvgIpc) is 2.19. The van der Waals surface area contributed by atoms with Crippen molar-refractivity contribution in [1.82, 2.24) is 20.2 Å². The van der Waals surface area contributed by atoms with E-state index in [0.29, 0.717) is 0 Å². The summed E-state index contributed by atoms with van der Waals surface area (Å²) in [6.45, 7) is 4.44. The van der Waals surface area contributed by atoms with Gasteiger partial charge >= 0.3 is 0 Å². The Hall–Kier alpha value is -0.930. The summed E-state index contributed by atoms with van der Waals surface area (Å²) >= 11 is 0. The molecule has 0 aliphatic heterocycles. The second-order valence-corrected chi connectivity index (χ2v) is 1.43. The minimum Gasteiger partial charge on any atom is -0.233 e. The zero-order valence-electron chi connectivity index (χ0n) is 4.49. The summed E-state index contributed by atoms with van der Waals surface area (Å²) < 4.78 is 1.65. The molecule has 0 fully saturated rings. The molecule has 43 valence electrons. The second-order valence-electron chi connectivity index (χ2n) is 1.43. The Morgan fingerprint density at radius 2 is 2.50 bits per heavy atom. The lowest BCUT2D eigenvalue weighted by atomic mass is 10.5. The molecule has 8 heavy (non-hydrogen) atoms. The maximum atomic E-state index is 3.64. The first-order valence-electron chi connectivity index (χ1n) is 2.43. The number of aryl methyl sites for hydroxylation is 1. The summed E-state index contributed by atoms with van der Waals surface area (Å²) in [5, 5.41) is 10.5. The van der Waals surface area contributed by atoms with Crippen molar-refractivity contribution in [2.75, 3.05) is 0 Å². The lowest BCUT2D eigenvalue weighted by Gasteiger charge is -1.89. The van der Waals surface area contributed by atoms with Gasteiger partial charge in [-0.3, -0.25) is 0 Å². The fourth-order valence-corrected chi connectivity index (χ4v) is 0.445. The van der Waals surface area contributed by atoms with Gasteiger partial charge in [0.2, 0.25) is 0 Å². The zero-order chi connectivity index (χ0) is 5.82. The van der Waals surface area contributed by atoms with E-state index in [9.17, 15) is 0 Å². The minimum atomic E-state index is 0.799. The molecule has 0 aliphatic rings. The molecule has 4 heteroatoms. The third kappa shape index (κ3) is 1.02. The summed E-state index contributed by atoms with van der Waals surface area (Å²) in [4.78, 5) is 0. The van der Waals surface area contributed by atoms with Crippen LogP contribution in [-0.4, -0.2) is 20.2 Å². The van der Waals surface area contributed by atoms with Crippen LogP contribution in [0.2, 0.25) is 0 Å². The summed E-state index contributed by atoms with van der Waals surface area (Å²) in [5.41, 5.74) is 0. The maximum Gasteiger partial charge on any atom is 0.138 e.